The molecule has 1 aliphatic heterocycles. The summed E-state index contributed by atoms with van der Waals surface area (Å²) in [5, 5.41) is 1.84. The van der Waals surface area contributed by atoms with Crippen LogP contribution in [0.1, 0.15) is 24.4 Å². The van der Waals surface area contributed by atoms with Crippen molar-refractivity contribution < 1.29 is 18.7 Å². The van der Waals surface area contributed by atoms with E-state index < -0.39 is 0 Å². The lowest BCUT2D eigenvalue weighted by atomic mass is 10.2. The van der Waals surface area contributed by atoms with Gasteiger partial charge in [-0.1, -0.05) is 29.5 Å². The number of piperazine rings is 1. The van der Waals surface area contributed by atoms with Gasteiger partial charge in [0.15, 0.2) is 22.2 Å². The van der Waals surface area contributed by atoms with Gasteiger partial charge in [-0.2, -0.15) is 0 Å². The van der Waals surface area contributed by atoms with Crippen LogP contribution in [0.5, 0.6) is 11.5 Å². The third-order valence-electron chi connectivity index (χ3n) is 5.53. The first-order chi connectivity index (χ1) is 15.7. The number of carbonyl (C=O) groups is 1. The highest BCUT2D eigenvalue weighted by Crippen LogP contribution is 2.35. The van der Waals surface area contributed by atoms with E-state index in [1.54, 1.807) is 17.4 Å². The second-order valence-electron chi connectivity index (χ2n) is 7.53. The minimum absolute atomic E-state index is 0.0915. The van der Waals surface area contributed by atoms with E-state index in [1.165, 1.54) is 0 Å². The van der Waals surface area contributed by atoms with Crippen LogP contribution in [-0.4, -0.2) is 55.2 Å². The number of ether oxygens (including phenoxy) is 2. The number of aromatic nitrogens is 1. The molecule has 0 N–H and O–H groups in total. The highest BCUT2D eigenvalue weighted by atomic mass is 32.1. The molecule has 0 radical (unpaired) electrons. The molecule has 1 fully saturated rings. The Morgan fingerprint density at radius 2 is 1.75 bits per heavy atom. The fourth-order valence-corrected chi connectivity index (χ4v) is 5.02. The molecule has 0 unspecified atom stereocenters. The van der Waals surface area contributed by atoms with Crippen LogP contribution >= 0.6 is 11.3 Å². The fraction of sp³-hybridized carbons (Fsp3) is 0.333. The molecular weight excluding hydrogens is 426 g/mol. The molecule has 0 atom stereocenters. The molecule has 4 aromatic rings. The fourth-order valence-electron chi connectivity index (χ4n) is 3.99. The number of para-hydroxylation sites is 2. The summed E-state index contributed by atoms with van der Waals surface area (Å²) in [4.78, 5) is 22.0. The SMILES string of the molecule is CCOc1cccc2sc(N3CCN(C(=O)c4cc5cccc(OCC)c5o4)CC3)nc12. The van der Waals surface area contributed by atoms with Crippen molar-refractivity contribution >= 4 is 43.6 Å². The summed E-state index contributed by atoms with van der Waals surface area (Å²) in [6, 6.07) is 13.5. The third kappa shape index (κ3) is 3.75. The van der Waals surface area contributed by atoms with Gasteiger partial charge in [-0.25, -0.2) is 4.98 Å². The number of nitrogens with zero attached hydrogens (tertiary/aromatic N) is 3. The Morgan fingerprint density at radius 3 is 2.53 bits per heavy atom. The van der Waals surface area contributed by atoms with Crippen molar-refractivity contribution in [3.05, 3.63) is 48.2 Å². The number of benzene rings is 2. The Kier molecular flexibility index (Phi) is 5.61. The molecule has 1 saturated heterocycles. The highest BCUT2D eigenvalue weighted by Gasteiger charge is 2.26. The van der Waals surface area contributed by atoms with E-state index in [2.05, 4.69) is 11.0 Å². The highest BCUT2D eigenvalue weighted by molar-refractivity contribution is 7.22. The molecule has 8 heteroatoms. The Bertz CT molecular complexity index is 1260. The quantitative estimate of drug-likeness (QED) is 0.419. The van der Waals surface area contributed by atoms with Crippen molar-refractivity contribution in [2.24, 2.45) is 0 Å². The normalized spacial score (nSPS) is 14.3. The second kappa shape index (κ2) is 8.70. The van der Waals surface area contributed by atoms with Crippen molar-refractivity contribution in [2.45, 2.75) is 13.8 Å². The van der Waals surface area contributed by atoms with Crippen molar-refractivity contribution in [1.29, 1.82) is 0 Å². The lowest BCUT2D eigenvalue weighted by molar-refractivity contribution is 0.0717. The minimum Gasteiger partial charge on any atom is -0.492 e. The predicted molar refractivity (Wildman–Crippen MR) is 126 cm³/mol. The van der Waals surface area contributed by atoms with E-state index in [0.29, 0.717) is 43.4 Å². The number of carbonyl (C=O) groups excluding carboxylic acids is 1. The van der Waals surface area contributed by atoms with Gasteiger partial charge in [-0.05, 0) is 38.1 Å². The van der Waals surface area contributed by atoms with Crippen LogP contribution in [-0.2, 0) is 0 Å². The molecule has 166 valence electrons. The number of amides is 1. The number of fused-ring (bicyclic) bond motifs is 2. The average Bonchev–Trinajstić information content (AvgIpc) is 3.45. The maximum Gasteiger partial charge on any atom is 0.289 e. The zero-order chi connectivity index (χ0) is 22.1. The molecule has 1 amide bonds. The van der Waals surface area contributed by atoms with E-state index in [0.717, 1.165) is 39.6 Å². The van der Waals surface area contributed by atoms with Gasteiger partial charge in [0, 0.05) is 31.6 Å². The van der Waals surface area contributed by atoms with Crippen LogP contribution in [0.3, 0.4) is 0 Å². The van der Waals surface area contributed by atoms with Crippen LogP contribution in [0.2, 0.25) is 0 Å². The van der Waals surface area contributed by atoms with Crippen molar-refractivity contribution in [2.75, 3.05) is 44.3 Å². The minimum atomic E-state index is -0.0915. The van der Waals surface area contributed by atoms with Crippen LogP contribution in [0, 0.1) is 0 Å². The van der Waals surface area contributed by atoms with Crippen molar-refractivity contribution in [1.82, 2.24) is 9.88 Å². The van der Waals surface area contributed by atoms with Crippen LogP contribution in [0.25, 0.3) is 21.2 Å². The van der Waals surface area contributed by atoms with Crippen LogP contribution < -0.4 is 14.4 Å². The maximum atomic E-state index is 13.1. The lowest BCUT2D eigenvalue weighted by Crippen LogP contribution is -2.48. The molecule has 32 heavy (non-hydrogen) atoms. The largest absolute Gasteiger partial charge is 0.492 e. The monoisotopic (exact) mass is 451 g/mol. The smallest absolute Gasteiger partial charge is 0.289 e. The molecule has 3 heterocycles. The van der Waals surface area contributed by atoms with Gasteiger partial charge >= 0.3 is 0 Å². The summed E-state index contributed by atoms with van der Waals surface area (Å²) in [6.45, 7) is 7.73. The predicted octanol–water partition coefficient (Wildman–Crippen LogP) is 4.80. The van der Waals surface area contributed by atoms with Crippen molar-refractivity contribution in [3.8, 4) is 11.5 Å². The van der Waals surface area contributed by atoms with E-state index in [-0.39, 0.29) is 5.91 Å². The van der Waals surface area contributed by atoms with Crippen molar-refractivity contribution in [3.63, 3.8) is 0 Å². The molecule has 2 aromatic heterocycles. The van der Waals surface area contributed by atoms with Gasteiger partial charge < -0.3 is 23.7 Å². The molecule has 0 saturated carbocycles. The zero-order valence-electron chi connectivity index (χ0n) is 18.2. The van der Waals surface area contributed by atoms with Gasteiger partial charge in [0.1, 0.15) is 11.3 Å². The summed E-state index contributed by atoms with van der Waals surface area (Å²) in [7, 11) is 0. The standard InChI is InChI=1S/C24H25N3O4S/c1-3-29-17-8-6-10-20-21(17)25-24(32-20)27-13-11-26(12-14-27)23(28)19-15-16-7-5-9-18(30-4-2)22(16)31-19/h5-10,15H,3-4,11-14H2,1-2H3. The number of hydrogen-bond donors (Lipinski definition) is 0. The first-order valence-electron chi connectivity index (χ1n) is 10.9. The zero-order valence-corrected chi connectivity index (χ0v) is 19.0. The molecule has 7 nitrogen and oxygen atoms in total. The molecule has 0 spiro atoms. The average molecular weight is 452 g/mol. The topological polar surface area (TPSA) is 68.0 Å². The molecular formula is C24H25N3O4S. The van der Waals surface area contributed by atoms with Gasteiger partial charge in [-0.15, -0.1) is 0 Å². The lowest BCUT2D eigenvalue weighted by Gasteiger charge is -2.34. The summed E-state index contributed by atoms with van der Waals surface area (Å²) in [5.74, 6) is 1.74. The second-order valence-corrected chi connectivity index (χ2v) is 8.54. The summed E-state index contributed by atoms with van der Waals surface area (Å²) in [5.41, 5.74) is 1.52. The van der Waals surface area contributed by atoms with E-state index in [4.69, 9.17) is 18.9 Å². The summed E-state index contributed by atoms with van der Waals surface area (Å²) >= 11 is 1.66. The Balaban J connectivity index is 1.30. The number of thiazole rings is 1. The molecule has 0 aliphatic carbocycles. The maximum absolute atomic E-state index is 13.1. The molecule has 1 aliphatic rings. The van der Waals surface area contributed by atoms with Gasteiger partial charge in [0.25, 0.3) is 5.91 Å². The molecule has 5 rings (SSSR count). The van der Waals surface area contributed by atoms with Gasteiger partial charge in [-0.3, -0.25) is 4.79 Å². The van der Waals surface area contributed by atoms with Gasteiger partial charge in [0.2, 0.25) is 0 Å². The summed E-state index contributed by atoms with van der Waals surface area (Å²) in [6.07, 6.45) is 0. The van der Waals surface area contributed by atoms with Gasteiger partial charge in [0.05, 0.1) is 17.9 Å². The van der Waals surface area contributed by atoms with Crippen LogP contribution in [0.15, 0.2) is 46.9 Å². The number of rotatable bonds is 6. The van der Waals surface area contributed by atoms with E-state index in [1.807, 2.05) is 49.1 Å². The number of hydrogen-bond acceptors (Lipinski definition) is 7. The first-order valence-corrected chi connectivity index (χ1v) is 11.7. The summed E-state index contributed by atoms with van der Waals surface area (Å²) < 4.78 is 18.4. The molecule has 2 aromatic carbocycles. The Labute approximate surface area is 190 Å². The molecule has 0 bridgehead atoms. The first kappa shape index (κ1) is 20.6. The Hall–Kier alpha value is -3.26. The number of anilines is 1. The van der Waals surface area contributed by atoms with E-state index >= 15 is 0 Å². The van der Waals surface area contributed by atoms with Crippen LogP contribution in [0.4, 0.5) is 5.13 Å². The van der Waals surface area contributed by atoms with E-state index in [9.17, 15) is 4.79 Å². The number of furan rings is 1. The third-order valence-corrected chi connectivity index (χ3v) is 6.61. The Morgan fingerprint density at radius 1 is 1.03 bits per heavy atom.